The Labute approximate surface area is 117 Å². The molecule has 20 heavy (non-hydrogen) atoms. The first kappa shape index (κ1) is 14.5. The van der Waals surface area contributed by atoms with Gasteiger partial charge in [-0.25, -0.2) is 19.9 Å². The molecule has 0 aliphatic heterocycles. The molecule has 0 saturated heterocycles. The smallest absolute Gasteiger partial charge is 0.373 e. The molecule has 0 bridgehead atoms. The molecule has 0 atom stereocenters. The Morgan fingerprint density at radius 1 is 1.20 bits per heavy atom. The van der Waals surface area contributed by atoms with Gasteiger partial charge in [0.25, 0.3) is 0 Å². The van der Waals surface area contributed by atoms with Crippen LogP contribution in [-0.2, 0) is 6.18 Å². The summed E-state index contributed by atoms with van der Waals surface area (Å²) in [5.41, 5.74) is 0.724. The van der Waals surface area contributed by atoms with Crippen molar-refractivity contribution in [3.05, 3.63) is 29.8 Å². The molecule has 0 spiro atoms. The number of hydrogen-bond acceptors (Lipinski definition) is 6. The summed E-state index contributed by atoms with van der Waals surface area (Å²) in [6, 6.07) is 3.11. The summed E-state index contributed by atoms with van der Waals surface area (Å²) in [4.78, 5) is 14.9. The maximum absolute atomic E-state index is 12.7. The number of nitrogens with one attached hydrogen (secondary N) is 1. The highest BCUT2D eigenvalue weighted by molar-refractivity contribution is 7.99. The minimum Gasteiger partial charge on any atom is -0.373 e. The summed E-state index contributed by atoms with van der Waals surface area (Å²) in [5, 5.41) is 3.03. The molecule has 0 aliphatic carbocycles. The van der Waals surface area contributed by atoms with Gasteiger partial charge in [-0.3, -0.25) is 0 Å². The van der Waals surface area contributed by atoms with E-state index in [1.54, 1.807) is 13.0 Å². The molecule has 2 rings (SSSR count). The van der Waals surface area contributed by atoms with Crippen molar-refractivity contribution in [1.82, 2.24) is 19.9 Å². The minimum atomic E-state index is -4.60. The quantitative estimate of drug-likeness (QED) is 0.695. The molecule has 0 unspecified atom stereocenters. The van der Waals surface area contributed by atoms with Gasteiger partial charge in [0.15, 0.2) is 5.16 Å². The first-order valence-corrected chi connectivity index (χ1v) is 6.31. The van der Waals surface area contributed by atoms with E-state index in [1.165, 1.54) is 19.3 Å². The van der Waals surface area contributed by atoms with Crippen LogP contribution >= 0.6 is 11.8 Å². The Hall–Kier alpha value is -1.90. The van der Waals surface area contributed by atoms with E-state index in [1.807, 2.05) is 0 Å². The topological polar surface area (TPSA) is 63.6 Å². The Morgan fingerprint density at radius 2 is 1.95 bits per heavy atom. The fraction of sp³-hybridized carbons (Fsp3) is 0.273. The molecule has 2 aromatic rings. The summed E-state index contributed by atoms with van der Waals surface area (Å²) in [6.45, 7) is 1.77. The average molecular weight is 301 g/mol. The zero-order valence-corrected chi connectivity index (χ0v) is 11.4. The molecule has 9 heteroatoms. The molecule has 0 aromatic carbocycles. The normalized spacial score (nSPS) is 11.4. The highest BCUT2D eigenvalue weighted by Gasteiger charge is 2.35. The molecule has 1 N–H and O–H groups in total. The van der Waals surface area contributed by atoms with E-state index in [-0.39, 0.29) is 10.8 Å². The van der Waals surface area contributed by atoms with Crippen LogP contribution in [0.4, 0.5) is 19.0 Å². The third-order valence-electron chi connectivity index (χ3n) is 2.18. The van der Waals surface area contributed by atoms with E-state index in [4.69, 9.17) is 0 Å². The molecule has 106 valence electrons. The molecule has 0 radical (unpaired) electrons. The second-order valence-corrected chi connectivity index (χ2v) is 4.73. The molecule has 2 aromatic heterocycles. The number of rotatable bonds is 3. The summed E-state index contributed by atoms with van der Waals surface area (Å²) in [6.07, 6.45) is -3.06. The fourth-order valence-corrected chi connectivity index (χ4v) is 2.09. The standard InChI is InChI=1S/C11H10F3N5S/c1-6-3-4-16-10(17-6)20-8-5-7(15-2)18-9(19-8)11(12,13)14/h3-5H,1-2H3,(H,15,18,19). The Morgan fingerprint density at radius 3 is 2.55 bits per heavy atom. The average Bonchev–Trinajstić information content (AvgIpc) is 2.37. The largest absolute Gasteiger partial charge is 0.451 e. The lowest BCUT2D eigenvalue weighted by atomic mass is 10.5. The van der Waals surface area contributed by atoms with Gasteiger partial charge in [0.1, 0.15) is 10.8 Å². The van der Waals surface area contributed by atoms with E-state index in [2.05, 4.69) is 25.3 Å². The van der Waals surface area contributed by atoms with E-state index in [9.17, 15) is 13.2 Å². The van der Waals surface area contributed by atoms with Crippen LogP contribution in [0.1, 0.15) is 11.5 Å². The van der Waals surface area contributed by atoms with Crippen LogP contribution < -0.4 is 5.32 Å². The first-order valence-electron chi connectivity index (χ1n) is 5.50. The van der Waals surface area contributed by atoms with Crippen molar-refractivity contribution in [3.8, 4) is 0 Å². The van der Waals surface area contributed by atoms with Gasteiger partial charge in [0, 0.05) is 25.0 Å². The fourth-order valence-electron chi connectivity index (χ4n) is 1.30. The molecular formula is C11H10F3N5S. The van der Waals surface area contributed by atoms with Crippen molar-refractivity contribution in [2.45, 2.75) is 23.3 Å². The highest BCUT2D eigenvalue weighted by atomic mass is 32.2. The number of aromatic nitrogens is 4. The van der Waals surface area contributed by atoms with E-state index < -0.39 is 12.0 Å². The molecule has 2 heterocycles. The lowest BCUT2D eigenvalue weighted by Gasteiger charge is -2.09. The van der Waals surface area contributed by atoms with Crippen LogP contribution in [0.25, 0.3) is 0 Å². The third kappa shape index (κ3) is 3.56. The number of anilines is 1. The summed E-state index contributed by atoms with van der Waals surface area (Å²) in [5.74, 6) is -1.11. The maximum Gasteiger partial charge on any atom is 0.451 e. The number of nitrogens with zero attached hydrogens (tertiary/aromatic N) is 4. The van der Waals surface area contributed by atoms with Crippen molar-refractivity contribution in [1.29, 1.82) is 0 Å². The molecule has 0 amide bonds. The summed E-state index contributed by atoms with van der Waals surface area (Å²) in [7, 11) is 1.49. The predicted molar refractivity (Wildman–Crippen MR) is 67.5 cm³/mol. The Bertz CT molecular complexity index is 617. The number of alkyl halides is 3. The van der Waals surface area contributed by atoms with Crippen molar-refractivity contribution < 1.29 is 13.2 Å². The van der Waals surface area contributed by atoms with E-state index >= 15 is 0 Å². The maximum atomic E-state index is 12.7. The minimum absolute atomic E-state index is 0.0856. The summed E-state index contributed by atoms with van der Waals surface area (Å²) < 4.78 is 38.1. The molecule has 0 fully saturated rings. The zero-order valence-electron chi connectivity index (χ0n) is 10.6. The zero-order chi connectivity index (χ0) is 14.8. The van der Waals surface area contributed by atoms with Gasteiger partial charge in [-0.15, -0.1) is 0 Å². The second-order valence-electron chi connectivity index (χ2n) is 3.75. The Balaban J connectivity index is 2.36. The van der Waals surface area contributed by atoms with Gasteiger partial charge in [-0.1, -0.05) is 0 Å². The third-order valence-corrected chi connectivity index (χ3v) is 2.98. The first-order chi connectivity index (χ1) is 9.38. The molecule has 5 nitrogen and oxygen atoms in total. The monoisotopic (exact) mass is 301 g/mol. The SMILES string of the molecule is CNc1cc(Sc2nccc(C)n2)nc(C(F)(F)F)n1. The van der Waals surface area contributed by atoms with Gasteiger partial charge in [0.2, 0.25) is 5.82 Å². The lowest BCUT2D eigenvalue weighted by Crippen LogP contribution is -2.12. The lowest BCUT2D eigenvalue weighted by molar-refractivity contribution is -0.145. The van der Waals surface area contributed by atoms with E-state index in [0.717, 1.165) is 17.5 Å². The molecule has 0 aliphatic rings. The van der Waals surface area contributed by atoms with Crippen LogP contribution in [0, 0.1) is 6.92 Å². The van der Waals surface area contributed by atoms with Crippen molar-refractivity contribution in [3.63, 3.8) is 0 Å². The van der Waals surface area contributed by atoms with Gasteiger partial charge in [-0.05, 0) is 24.8 Å². The van der Waals surface area contributed by atoms with Gasteiger partial charge >= 0.3 is 6.18 Å². The van der Waals surface area contributed by atoms with Crippen LogP contribution in [0.15, 0.2) is 28.5 Å². The molecular weight excluding hydrogens is 291 g/mol. The number of hydrogen-bond donors (Lipinski definition) is 1. The summed E-state index contributed by atoms with van der Waals surface area (Å²) >= 11 is 0.948. The number of aryl methyl sites for hydroxylation is 1. The predicted octanol–water partition coefficient (Wildman–Crippen LogP) is 2.79. The van der Waals surface area contributed by atoms with Crippen LogP contribution in [-0.4, -0.2) is 27.0 Å². The van der Waals surface area contributed by atoms with Crippen LogP contribution in [0.5, 0.6) is 0 Å². The Kier molecular flexibility index (Phi) is 4.07. The van der Waals surface area contributed by atoms with Gasteiger partial charge in [-0.2, -0.15) is 13.2 Å². The van der Waals surface area contributed by atoms with Crippen LogP contribution in [0.2, 0.25) is 0 Å². The highest BCUT2D eigenvalue weighted by Crippen LogP contribution is 2.31. The number of halogens is 3. The van der Waals surface area contributed by atoms with Crippen molar-refractivity contribution >= 4 is 17.6 Å². The van der Waals surface area contributed by atoms with Gasteiger partial charge < -0.3 is 5.32 Å². The van der Waals surface area contributed by atoms with Crippen LogP contribution in [0.3, 0.4) is 0 Å². The van der Waals surface area contributed by atoms with Gasteiger partial charge in [0.05, 0.1) is 0 Å². The van der Waals surface area contributed by atoms with Crippen molar-refractivity contribution in [2.24, 2.45) is 0 Å². The molecule has 0 saturated carbocycles. The second kappa shape index (κ2) is 5.61. The van der Waals surface area contributed by atoms with E-state index in [0.29, 0.717) is 5.16 Å². The van der Waals surface area contributed by atoms with Crippen molar-refractivity contribution in [2.75, 3.05) is 12.4 Å².